The van der Waals surface area contributed by atoms with Crippen LogP contribution in [0, 0.1) is 5.92 Å². The molecular formula is C14H20N2S2. The summed E-state index contributed by atoms with van der Waals surface area (Å²) in [4.78, 5) is 6.06. The van der Waals surface area contributed by atoms with Gasteiger partial charge in [0.1, 0.15) is 0 Å². The summed E-state index contributed by atoms with van der Waals surface area (Å²) in [7, 11) is 0. The Kier molecular flexibility index (Phi) is 3.66. The van der Waals surface area contributed by atoms with Gasteiger partial charge in [0.2, 0.25) is 0 Å². The second kappa shape index (κ2) is 5.25. The standard InChI is InChI=1S/C14H20N2S2/c1-11-4-6-14(7-5-11)10-18-13(16-14)15-9-12-3-2-8-17-12/h2-3,8,11H,4-7,9-10H2,1H3,(H,15,16). The van der Waals surface area contributed by atoms with Crippen LogP contribution in [-0.2, 0) is 6.54 Å². The molecule has 98 valence electrons. The Morgan fingerprint density at radius 2 is 2.28 bits per heavy atom. The van der Waals surface area contributed by atoms with Crippen LogP contribution >= 0.6 is 23.1 Å². The van der Waals surface area contributed by atoms with Gasteiger partial charge in [-0.15, -0.1) is 11.3 Å². The Hall–Kier alpha value is -0.480. The molecule has 2 heterocycles. The van der Waals surface area contributed by atoms with Gasteiger partial charge in [-0.1, -0.05) is 24.8 Å². The van der Waals surface area contributed by atoms with Crippen molar-refractivity contribution < 1.29 is 0 Å². The molecule has 0 unspecified atom stereocenters. The van der Waals surface area contributed by atoms with Crippen molar-refractivity contribution in [3.05, 3.63) is 22.4 Å². The zero-order valence-electron chi connectivity index (χ0n) is 10.8. The van der Waals surface area contributed by atoms with Crippen LogP contribution in [0.3, 0.4) is 0 Å². The van der Waals surface area contributed by atoms with Crippen molar-refractivity contribution in [2.45, 2.75) is 44.7 Å². The summed E-state index contributed by atoms with van der Waals surface area (Å²) < 4.78 is 0. The maximum atomic E-state index is 4.71. The van der Waals surface area contributed by atoms with Crippen LogP contribution in [-0.4, -0.2) is 16.5 Å². The number of hydrogen-bond acceptors (Lipinski definition) is 3. The Morgan fingerprint density at radius 1 is 1.44 bits per heavy atom. The number of aliphatic imine (C=N–C) groups is 1. The number of nitrogens with zero attached hydrogens (tertiary/aromatic N) is 1. The number of rotatable bonds is 2. The lowest BCUT2D eigenvalue weighted by atomic mass is 9.78. The third-order valence-electron chi connectivity index (χ3n) is 4.05. The van der Waals surface area contributed by atoms with E-state index in [4.69, 9.17) is 4.99 Å². The Balaban J connectivity index is 1.59. The summed E-state index contributed by atoms with van der Waals surface area (Å²) >= 11 is 3.70. The number of thioether (sulfide) groups is 1. The van der Waals surface area contributed by atoms with Crippen molar-refractivity contribution >= 4 is 28.3 Å². The van der Waals surface area contributed by atoms with Gasteiger partial charge in [0.15, 0.2) is 5.17 Å². The summed E-state index contributed by atoms with van der Waals surface area (Å²) in [6.07, 6.45) is 5.37. The van der Waals surface area contributed by atoms with E-state index in [9.17, 15) is 0 Å². The molecule has 1 N–H and O–H groups in total. The monoisotopic (exact) mass is 280 g/mol. The fourth-order valence-corrected chi connectivity index (χ4v) is 4.57. The van der Waals surface area contributed by atoms with Crippen molar-refractivity contribution in [1.82, 2.24) is 5.32 Å². The Labute approximate surface area is 117 Å². The van der Waals surface area contributed by atoms with E-state index in [1.165, 1.54) is 36.3 Å². The van der Waals surface area contributed by atoms with Gasteiger partial charge in [-0.2, -0.15) is 0 Å². The van der Waals surface area contributed by atoms with Crippen LogP contribution in [0.5, 0.6) is 0 Å². The van der Waals surface area contributed by atoms with Crippen LogP contribution in [0.2, 0.25) is 0 Å². The predicted octanol–water partition coefficient (Wildman–Crippen LogP) is 3.89. The number of thiophene rings is 1. The number of nitrogens with one attached hydrogen (secondary N) is 1. The zero-order chi connectivity index (χ0) is 12.4. The second-order valence-electron chi connectivity index (χ2n) is 5.58. The van der Waals surface area contributed by atoms with Crippen molar-refractivity contribution in [3.63, 3.8) is 0 Å². The molecule has 2 nitrogen and oxygen atoms in total. The molecule has 3 rings (SSSR count). The highest BCUT2D eigenvalue weighted by Gasteiger charge is 2.39. The lowest BCUT2D eigenvalue weighted by Gasteiger charge is -2.35. The molecule has 1 saturated carbocycles. The van der Waals surface area contributed by atoms with E-state index in [0.29, 0.717) is 5.54 Å². The van der Waals surface area contributed by atoms with Crippen molar-refractivity contribution in [2.24, 2.45) is 10.9 Å². The zero-order valence-corrected chi connectivity index (χ0v) is 12.4. The summed E-state index contributed by atoms with van der Waals surface area (Å²) in [5.74, 6) is 2.12. The first-order valence-corrected chi connectivity index (χ1v) is 8.60. The molecule has 1 aliphatic heterocycles. The molecule has 0 amide bonds. The number of hydrogen-bond donors (Lipinski definition) is 1. The molecule has 2 aliphatic rings. The van der Waals surface area contributed by atoms with E-state index in [2.05, 4.69) is 29.8 Å². The second-order valence-corrected chi connectivity index (χ2v) is 7.57. The smallest absolute Gasteiger partial charge is 0.157 e. The van der Waals surface area contributed by atoms with Gasteiger partial charge in [0.05, 0.1) is 6.54 Å². The van der Waals surface area contributed by atoms with Gasteiger partial charge in [0, 0.05) is 16.2 Å². The summed E-state index contributed by atoms with van der Waals surface area (Å²) in [6.45, 7) is 3.21. The van der Waals surface area contributed by atoms with Crippen LogP contribution < -0.4 is 5.32 Å². The fraction of sp³-hybridized carbons (Fsp3) is 0.643. The highest BCUT2D eigenvalue weighted by atomic mass is 32.2. The summed E-state index contributed by atoms with van der Waals surface area (Å²) in [6, 6.07) is 4.26. The van der Waals surface area contributed by atoms with Crippen LogP contribution in [0.4, 0.5) is 0 Å². The third kappa shape index (κ3) is 2.75. The molecule has 2 fully saturated rings. The van der Waals surface area contributed by atoms with Gasteiger partial charge in [-0.3, -0.25) is 4.99 Å². The minimum absolute atomic E-state index is 0.367. The van der Waals surface area contributed by atoms with E-state index in [1.54, 1.807) is 11.3 Å². The maximum absolute atomic E-state index is 4.71. The first-order valence-electron chi connectivity index (χ1n) is 6.74. The molecule has 1 aromatic heterocycles. The van der Waals surface area contributed by atoms with Crippen molar-refractivity contribution in [3.8, 4) is 0 Å². The van der Waals surface area contributed by atoms with Crippen LogP contribution in [0.25, 0.3) is 0 Å². The minimum atomic E-state index is 0.367. The van der Waals surface area contributed by atoms with Gasteiger partial charge in [-0.25, -0.2) is 0 Å². The summed E-state index contributed by atoms with van der Waals surface area (Å²) in [5.41, 5.74) is 0.367. The largest absolute Gasteiger partial charge is 0.359 e. The van der Waals surface area contributed by atoms with Gasteiger partial charge in [0.25, 0.3) is 0 Å². The van der Waals surface area contributed by atoms with E-state index < -0.39 is 0 Å². The number of amidine groups is 1. The molecule has 1 spiro atoms. The molecule has 1 aliphatic carbocycles. The lowest BCUT2D eigenvalue weighted by Crippen LogP contribution is -2.46. The maximum Gasteiger partial charge on any atom is 0.157 e. The van der Waals surface area contributed by atoms with Crippen molar-refractivity contribution in [2.75, 3.05) is 5.75 Å². The molecular weight excluding hydrogens is 260 g/mol. The molecule has 0 bridgehead atoms. The fourth-order valence-electron chi connectivity index (χ4n) is 2.73. The van der Waals surface area contributed by atoms with Crippen LogP contribution in [0.15, 0.2) is 22.5 Å². The Bertz CT molecular complexity index is 417. The third-order valence-corrected chi connectivity index (χ3v) is 6.11. The van der Waals surface area contributed by atoms with Gasteiger partial charge in [-0.05, 0) is 43.0 Å². The van der Waals surface area contributed by atoms with E-state index >= 15 is 0 Å². The van der Waals surface area contributed by atoms with Gasteiger partial charge >= 0.3 is 0 Å². The highest BCUT2D eigenvalue weighted by Crippen LogP contribution is 2.38. The van der Waals surface area contributed by atoms with Crippen LogP contribution in [0.1, 0.15) is 37.5 Å². The van der Waals surface area contributed by atoms with Gasteiger partial charge < -0.3 is 5.32 Å². The first-order chi connectivity index (χ1) is 8.76. The summed E-state index contributed by atoms with van der Waals surface area (Å²) in [5, 5.41) is 6.99. The molecule has 0 radical (unpaired) electrons. The van der Waals surface area contributed by atoms with Crippen molar-refractivity contribution in [1.29, 1.82) is 0 Å². The normalized spacial score (nSPS) is 34.1. The molecule has 1 aromatic rings. The average Bonchev–Trinajstić information content (AvgIpc) is 3.02. The molecule has 1 saturated heterocycles. The topological polar surface area (TPSA) is 24.4 Å². The minimum Gasteiger partial charge on any atom is -0.359 e. The highest BCUT2D eigenvalue weighted by molar-refractivity contribution is 8.14. The molecule has 0 atom stereocenters. The SMILES string of the molecule is CC1CCC2(CC1)CSC(=NCc1cccs1)N2. The molecule has 0 aromatic carbocycles. The average molecular weight is 280 g/mol. The lowest BCUT2D eigenvalue weighted by molar-refractivity contribution is 0.251. The first kappa shape index (κ1) is 12.5. The van der Waals surface area contributed by atoms with E-state index in [1.807, 2.05) is 11.8 Å². The quantitative estimate of drug-likeness (QED) is 0.889. The predicted molar refractivity (Wildman–Crippen MR) is 81.4 cm³/mol. The molecule has 4 heteroatoms. The van der Waals surface area contributed by atoms with E-state index in [0.717, 1.165) is 17.6 Å². The molecule has 18 heavy (non-hydrogen) atoms. The van der Waals surface area contributed by atoms with E-state index in [-0.39, 0.29) is 0 Å². The Morgan fingerprint density at radius 3 is 3.00 bits per heavy atom.